The molecule has 1 N–H and O–H groups in total. The second-order valence-corrected chi connectivity index (χ2v) is 6.72. The molecule has 0 radical (unpaired) electrons. The minimum absolute atomic E-state index is 0.110. The van der Waals surface area contributed by atoms with E-state index in [9.17, 15) is 4.79 Å². The van der Waals surface area contributed by atoms with Gasteiger partial charge in [-0.05, 0) is 72.8 Å². The fourth-order valence-corrected chi connectivity index (χ4v) is 3.16. The predicted molar refractivity (Wildman–Crippen MR) is 88.8 cm³/mol. The molecule has 24 heavy (non-hydrogen) atoms. The van der Waals surface area contributed by atoms with Gasteiger partial charge in [-0.2, -0.15) is 0 Å². The third-order valence-electron chi connectivity index (χ3n) is 4.90. The smallest absolute Gasteiger partial charge is 0.253 e. The number of likely N-dealkylation sites (tertiary alicyclic amines) is 1. The van der Waals surface area contributed by atoms with E-state index in [1.165, 1.54) is 19.2 Å². The van der Waals surface area contributed by atoms with Crippen LogP contribution in [0.25, 0.3) is 5.69 Å². The van der Waals surface area contributed by atoms with Gasteiger partial charge in [0, 0.05) is 24.7 Å². The van der Waals surface area contributed by atoms with Crippen molar-refractivity contribution in [2.75, 3.05) is 19.6 Å². The maximum Gasteiger partial charge on any atom is 0.253 e. The Morgan fingerprint density at radius 3 is 2.50 bits per heavy atom. The molecule has 1 aromatic heterocycles. The molecule has 0 spiro atoms. The average molecular weight is 326 g/mol. The standard InChI is InChI=1S/C17H22N6O/c24-17(14-3-5-16(6-4-14)23-12-19-20-21-23)22-9-7-15(8-10-22)18-11-13-1-2-13/h3-6,12-13,15,18H,1-2,7-11H2. The lowest BCUT2D eigenvalue weighted by Gasteiger charge is -2.32. The molecule has 1 amide bonds. The topological polar surface area (TPSA) is 75.9 Å². The largest absolute Gasteiger partial charge is 0.339 e. The number of carbonyl (C=O) groups is 1. The summed E-state index contributed by atoms with van der Waals surface area (Å²) in [5.41, 5.74) is 1.57. The molecule has 1 saturated carbocycles. The van der Waals surface area contributed by atoms with Crippen LogP contribution in [0.15, 0.2) is 30.6 Å². The number of carbonyl (C=O) groups excluding carboxylic acids is 1. The molecular weight excluding hydrogens is 304 g/mol. The van der Waals surface area contributed by atoms with Crippen LogP contribution in [-0.2, 0) is 0 Å². The van der Waals surface area contributed by atoms with Crippen molar-refractivity contribution in [1.82, 2.24) is 30.4 Å². The predicted octanol–water partition coefficient (Wildman–Crippen LogP) is 1.27. The van der Waals surface area contributed by atoms with E-state index < -0.39 is 0 Å². The van der Waals surface area contributed by atoms with Gasteiger partial charge in [0.2, 0.25) is 0 Å². The normalized spacial score (nSPS) is 18.8. The van der Waals surface area contributed by atoms with Crippen molar-refractivity contribution >= 4 is 5.91 Å². The van der Waals surface area contributed by atoms with Crippen LogP contribution in [0.5, 0.6) is 0 Å². The molecule has 0 bridgehead atoms. The van der Waals surface area contributed by atoms with Crippen LogP contribution in [-0.4, -0.2) is 56.7 Å². The van der Waals surface area contributed by atoms with Crippen LogP contribution in [0.4, 0.5) is 0 Å². The van der Waals surface area contributed by atoms with E-state index in [1.54, 1.807) is 4.68 Å². The molecule has 1 aromatic carbocycles. The molecule has 2 heterocycles. The lowest BCUT2D eigenvalue weighted by atomic mass is 10.0. The molecule has 2 fully saturated rings. The van der Waals surface area contributed by atoms with E-state index in [4.69, 9.17) is 0 Å². The highest BCUT2D eigenvalue weighted by Crippen LogP contribution is 2.28. The first-order chi connectivity index (χ1) is 11.8. The number of hydrogen-bond donors (Lipinski definition) is 1. The van der Waals surface area contributed by atoms with Gasteiger partial charge in [0.15, 0.2) is 0 Å². The molecule has 1 aliphatic heterocycles. The first-order valence-corrected chi connectivity index (χ1v) is 8.66. The maximum atomic E-state index is 12.6. The molecule has 0 atom stereocenters. The number of piperidine rings is 1. The summed E-state index contributed by atoms with van der Waals surface area (Å²) in [5, 5.41) is 14.7. The Morgan fingerprint density at radius 2 is 1.88 bits per heavy atom. The van der Waals surface area contributed by atoms with Crippen LogP contribution in [0.3, 0.4) is 0 Å². The van der Waals surface area contributed by atoms with Gasteiger partial charge in [-0.1, -0.05) is 0 Å². The van der Waals surface area contributed by atoms with Gasteiger partial charge in [-0.25, -0.2) is 4.68 Å². The van der Waals surface area contributed by atoms with E-state index in [1.807, 2.05) is 29.2 Å². The molecule has 7 nitrogen and oxygen atoms in total. The van der Waals surface area contributed by atoms with E-state index in [2.05, 4.69) is 20.8 Å². The van der Waals surface area contributed by atoms with E-state index in [-0.39, 0.29) is 5.91 Å². The summed E-state index contributed by atoms with van der Waals surface area (Å²) >= 11 is 0. The van der Waals surface area contributed by atoms with Crippen molar-refractivity contribution in [2.24, 2.45) is 5.92 Å². The Balaban J connectivity index is 1.32. The Kier molecular flexibility index (Phi) is 4.25. The van der Waals surface area contributed by atoms with Gasteiger partial charge < -0.3 is 10.2 Å². The van der Waals surface area contributed by atoms with Crippen LogP contribution < -0.4 is 5.32 Å². The second-order valence-electron chi connectivity index (χ2n) is 6.72. The Labute approximate surface area is 141 Å². The molecule has 2 aromatic rings. The molecule has 1 saturated heterocycles. The van der Waals surface area contributed by atoms with Crippen LogP contribution in [0.1, 0.15) is 36.0 Å². The van der Waals surface area contributed by atoms with Gasteiger partial charge >= 0.3 is 0 Å². The number of tetrazole rings is 1. The SMILES string of the molecule is O=C(c1ccc(-n2cnnn2)cc1)N1CCC(NCC2CC2)CC1. The first-order valence-electron chi connectivity index (χ1n) is 8.66. The molecule has 2 aliphatic rings. The third kappa shape index (κ3) is 3.46. The molecular formula is C17H22N6O. The maximum absolute atomic E-state index is 12.6. The number of amides is 1. The first kappa shape index (κ1) is 15.3. The lowest BCUT2D eigenvalue weighted by molar-refractivity contribution is 0.0705. The zero-order chi connectivity index (χ0) is 16.4. The number of benzene rings is 1. The summed E-state index contributed by atoms with van der Waals surface area (Å²) in [4.78, 5) is 14.6. The van der Waals surface area contributed by atoms with Crippen molar-refractivity contribution in [3.63, 3.8) is 0 Å². The summed E-state index contributed by atoms with van der Waals surface area (Å²) in [7, 11) is 0. The van der Waals surface area contributed by atoms with Gasteiger partial charge in [-0.3, -0.25) is 4.79 Å². The minimum Gasteiger partial charge on any atom is -0.339 e. The monoisotopic (exact) mass is 326 g/mol. The van der Waals surface area contributed by atoms with Gasteiger partial charge in [0.25, 0.3) is 5.91 Å². The third-order valence-corrected chi connectivity index (χ3v) is 4.90. The second kappa shape index (κ2) is 6.68. The molecule has 126 valence electrons. The number of rotatable bonds is 5. The number of aromatic nitrogens is 4. The van der Waals surface area contributed by atoms with Crippen molar-refractivity contribution < 1.29 is 4.79 Å². The zero-order valence-corrected chi connectivity index (χ0v) is 13.6. The highest BCUT2D eigenvalue weighted by atomic mass is 16.2. The minimum atomic E-state index is 0.110. The van der Waals surface area contributed by atoms with E-state index in [0.29, 0.717) is 6.04 Å². The van der Waals surface area contributed by atoms with Crippen molar-refractivity contribution in [3.05, 3.63) is 36.2 Å². The summed E-state index contributed by atoms with van der Waals surface area (Å²) in [5.74, 6) is 1.02. The fraction of sp³-hybridized carbons (Fsp3) is 0.529. The number of hydrogen-bond acceptors (Lipinski definition) is 5. The lowest BCUT2D eigenvalue weighted by Crippen LogP contribution is -2.45. The molecule has 7 heteroatoms. The van der Waals surface area contributed by atoms with E-state index >= 15 is 0 Å². The van der Waals surface area contributed by atoms with Gasteiger partial charge in [0.05, 0.1) is 5.69 Å². The van der Waals surface area contributed by atoms with Crippen LogP contribution in [0.2, 0.25) is 0 Å². The summed E-state index contributed by atoms with van der Waals surface area (Å²) in [6.07, 6.45) is 6.38. The molecule has 0 unspecified atom stereocenters. The quantitative estimate of drug-likeness (QED) is 0.895. The van der Waals surface area contributed by atoms with Gasteiger partial charge in [0.1, 0.15) is 6.33 Å². The Bertz CT molecular complexity index is 672. The Hall–Kier alpha value is -2.28. The molecule has 4 rings (SSSR count). The summed E-state index contributed by atoms with van der Waals surface area (Å²) < 4.78 is 1.57. The highest BCUT2D eigenvalue weighted by Gasteiger charge is 2.26. The van der Waals surface area contributed by atoms with Crippen LogP contribution in [0, 0.1) is 5.92 Å². The Morgan fingerprint density at radius 1 is 1.12 bits per heavy atom. The van der Waals surface area contributed by atoms with Crippen molar-refractivity contribution in [3.8, 4) is 5.69 Å². The fourth-order valence-electron chi connectivity index (χ4n) is 3.16. The van der Waals surface area contributed by atoms with Crippen LogP contribution >= 0.6 is 0 Å². The van der Waals surface area contributed by atoms with Gasteiger partial charge in [-0.15, -0.1) is 5.10 Å². The van der Waals surface area contributed by atoms with Crippen molar-refractivity contribution in [1.29, 1.82) is 0 Å². The highest BCUT2D eigenvalue weighted by molar-refractivity contribution is 5.94. The zero-order valence-electron chi connectivity index (χ0n) is 13.6. The molecule has 1 aliphatic carbocycles. The van der Waals surface area contributed by atoms with E-state index in [0.717, 1.165) is 49.6 Å². The number of nitrogens with zero attached hydrogens (tertiary/aromatic N) is 5. The van der Waals surface area contributed by atoms with Crippen molar-refractivity contribution in [2.45, 2.75) is 31.7 Å². The number of nitrogens with one attached hydrogen (secondary N) is 1. The summed E-state index contributed by atoms with van der Waals surface area (Å²) in [6, 6.07) is 7.99. The summed E-state index contributed by atoms with van der Waals surface area (Å²) in [6.45, 7) is 2.81. The average Bonchev–Trinajstić information content (AvgIpc) is 3.31.